The van der Waals surface area contributed by atoms with Crippen LogP contribution in [0.2, 0.25) is 0 Å². The first-order chi connectivity index (χ1) is 15.6. The number of carbonyl (C=O) groups is 1. The average Bonchev–Trinajstić information content (AvgIpc) is 3.24. The SMILES string of the molecule is Cc1ccc(-n2c(SCC(=O)NCCc3ccc(F)cc3)nnc2N2CCOCC2)cc1. The van der Waals surface area contributed by atoms with E-state index in [2.05, 4.69) is 32.5 Å². The molecule has 1 aromatic heterocycles. The third-order valence-electron chi connectivity index (χ3n) is 5.18. The van der Waals surface area contributed by atoms with Crippen LogP contribution in [-0.2, 0) is 16.0 Å². The molecule has 0 aliphatic carbocycles. The van der Waals surface area contributed by atoms with Crippen LogP contribution in [0.3, 0.4) is 0 Å². The number of ether oxygens (including phenoxy) is 1. The van der Waals surface area contributed by atoms with Gasteiger partial charge in [0.2, 0.25) is 11.9 Å². The van der Waals surface area contributed by atoms with Crippen LogP contribution < -0.4 is 10.2 Å². The molecule has 9 heteroatoms. The van der Waals surface area contributed by atoms with Crippen LogP contribution in [0.1, 0.15) is 11.1 Å². The Morgan fingerprint density at radius 1 is 1.09 bits per heavy atom. The Labute approximate surface area is 191 Å². The normalized spacial score (nSPS) is 13.9. The molecule has 1 amide bonds. The number of hydrogen-bond acceptors (Lipinski definition) is 6. The largest absolute Gasteiger partial charge is 0.378 e. The van der Waals surface area contributed by atoms with Gasteiger partial charge in [-0.2, -0.15) is 0 Å². The highest BCUT2D eigenvalue weighted by atomic mass is 32.2. The zero-order valence-corrected chi connectivity index (χ0v) is 18.8. The summed E-state index contributed by atoms with van der Waals surface area (Å²) in [4.78, 5) is 14.5. The van der Waals surface area contributed by atoms with Crippen LogP contribution in [0.25, 0.3) is 5.69 Å². The Hall–Kier alpha value is -2.91. The number of aromatic nitrogens is 3. The summed E-state index contributed by atoms with van der Waals surface area (Å²) in [5.41, 5.74) is 3.11. The van der Waals surface area contributed by atoms with Crippen molar-refractivity contribution in [1.82, 2.24) is 20.1 Å². The van der Waals surface area contributed by atoms with E-state index in [0.29, 0.717) is 31.3 Å². The molecule has 0 atom stereocenters. The van der Waals surface area contributed by atoms with E-state index in [-0.39, 0.29) is 17.5 Å². The second kappa shape index (κ2) is 10.6. The Morgan fingerprint density at radius 3 is 2.53 bits per heavy atom. The summed E-state index contributed by atoms with van der Waals surface area (Å²) >= 11 is 1.36. The van der Waals surface area contributed by atoms with Crippen molar-refractivity contribution in [2.24, 2.45) is 0 Å². The van der Waals surface area contributed by atoms with Gasteiger partial charge in [-0.15, -0.1) is 10.2 Å². The number of halogens is 1. The van der Waals surface area contributed by atoms with E-state index in [4.69, 9.17) is 4.74 Å². The molecule has 1 fully saturated rings. The van der Waals surface area contributed by atoms with Gasteiger partial charge in [0.15, 0.2) is 5.16 Å². The molecule has 7 nitrogen and oxygen atoms in total. The lowest BCUT2D eigenvalue weighted by molar-refractivity contribution is -0.118. The van der Waals surface area contributed by atoms with Gasteiger partial charge < -0.3 is 15.0 Å². The number of morpholine rings is 1. The van der Waals surface area contributed by atoms with Crippen molar-refractivity contribution in [1.29, 1.82) is 0 Å². The summed E-state index contributed by atoms with van der Waals surface area (Å²) in [6.07, 6.45) is 0.650. The summed E-state index contributed by atoms with van der Waals surface area (Å²) in [7, 11) is 0. The molecule has 0 unspecified atom stereocenters. The monoisotopic (exact) mass is 455 g/mol. The number of carbonyl (C=O) groups excluding carboxylic acids is 1. The van der Waals surface area contributed by atoms with Gasteiger partial charge in [-0.3, -0.25) is 9.36 Å². The number of aryl methyl sites for hydroxylation is 1. The highest BCUT2D eigenvalue weighted by Crippen LogP contribution is 2.27. The first kappa shape index (κ1) is 22.3. The molecule has 4 rings (SSSR count). The van der Waals surface area contributed by atoms with Crippen molar-refractivity contribution in [3.8, 4) is 5.69 Å². The van der Waals surface area contributed by atoms with E-state index in [1.807, 2.05) is 23.6 Å². The van der Waals surface area contributed by atoms with E-state index in [1.165, 1.54) is 29.5 Å². The molecular weight excluding hydrogens is 429 g/mol. The van der Waals surface area contributed by atoms with Gasteiger partial charge in [-0.1, -0.05) is 41.6 Å². The maximum absolute atomic E-state index is 13.0. The van der Waals surface area contributed by atoms with Gasteiger partial charge in [-0.05, 0) is 43.2 Å². The number of anilines is 1. The maximum Gasteiger partial charge on any atom is 0.232 e. The van der Waals surface area contributed by atoms with E-state index >= 15 is 0 Å². The molecule has 168 valence electrons. The molecule has 2 aromatic carbocycles. The smallest absolute Gasteiger partial charge is 0.232 e. The third-order valence-corrected chi connectivity index (χ3v) is 6.11. The molecule has 2 heterocycles. The van der Waals surface area contributed by atoms with Crippen molar-refractivity contribution in [2.75, 3.05) is 43.5 Å². The third kappa shape index (κ3) is 5.66. The van der Waals surface area contributed by atoms with Crippen LogP contribution in [0.5, 0.6) is 0 Å². The number of hydrogen-bond donors (Lipinski definition) is 1. The summed E-state index contributed by atoms with van der Waals surface area (Å²) in [5.74, 6) is 0.652. The van der Waals surface area contributed by atoms with Crippen molar-refractivity contribution in [3.63, 3.8) is 0 Å². The van der Waals surface area contributed by atoms with Crippen LogP contribution in [0.15, 0.2) is 53.7 Å². The molecular formula is C23H26FN5O2S. The van der Waals surface area contributed by atoms with Gasteiger partial charge >= 0.3 is 0 Å². The highest BCUT2D eigenvalue weighted by Gasteiger charge is 2.22. The first-order valence-corrected chi connectivity index (χ1v) is 11.6. The lowest BCUT2D eigenvalue weighted by Gasteiger charge is -2.27. The second-order valence-electron chi connectivity index (χ2n) is 7.57. The minimum absolute atomic E-state index is 0.0801. The standard InChI is InChI=1S/C23H26FN5O2S/c1-17-2-8-20(9-3-17)29-22(28-12-14-31-15-13-28)26-27-23(29)32-16-21(30)25-11-10-18-4-6-19(24)7-5-18/h2-9H,10-16H2,1H3,(H,25,30). The first-order valence-electron chi connectivity index (χ1n) is 10.6. The van der Waals surface area contributed by atoms with Gasteiger partial charge in [-0.25, -0.2) is 4.39 Å². The van der Waals surface area contributed by atoms with Gasteiger partial charge in [0.1, 0.15) is 5.82 Å². The van der Waals surface area contributed by atoms with Crippen molar-refractivity contribution in [3.05, 3.63) is 65.5 Å². The van der Waals surface area contributed by atoms with Gasteiger partial charge in [0.05, 0.1) is 24.7 Å². The van der Waals surface area contributed by atoms with E-state index in [9.17, 15) is 9.18 Å². The highest BCUT2D eigenvalue weighted by molar-refractivity contribution is 7.99. The van der Waals surface area contributed by atoms with Crippen molar-refractivity contribution in [2.45, 2.75) is 18.5 Å². The lowest BCUT2D eigenvalue weighted by Crippen LogP contribution is -2.37. The van der Waals surface area contributed by atoms with Crippen LogP contribution in [0, 0.1) is 12.7 Å². The van der Waals surface area contributed by atoms with Gasteiger partial charge in [0, 0.05) is 19.6 Å². The van der Waals surface area contributed by atoms with Crippen LogP contribution >= 0.6 is 11.8 Å². The molecule has 0 bridgehead atoms. The molecule has 3 aromatic rings. The van der Waals surface area contributed by atoms with E-state index in [0.717, 1.165) is 30.3 Å². The average molecular weight is 456 g/mol. The predicted molar refractivity (Wildman–Crippen MR) is 123 cm³/mol. The molecule has 1 aliphatic heterocycles. The Kier molecular flexibility index (Phi) is 7.39. The molecule has 1 saturated heterocycles. The number of nitrogens with one attached hydrogen (secondary N) is 1. The number of thioether (sulfide) groups is 1. The Balaban J connectivity index is 1.41. The van der Waals surface area contributed by atoms with Crippen LogP contribution in [0.4, 0.5) is 10.3 Å². The number of nitrogens with zero attached hydrogens (tertiary/aromatic N) is 4. The fraction of sp³-hybridized carbons (Fsp3) is 0.348. The summed E-state index contributed by atoms with van der Waals surface area (Å²) in [6.45, 7) is 5.34. The summed E-state index contributed by atoms with van der Waals surface area (Å²) in [5, 5.41) is 12.4. The summed E-state index contributed by atoms with van der Waals surface area (Å²) in [6, 6.07) is 14.5. The summed E-state index contributed by atoms with van der Waals surface area (Å²) < 4.78 is 20.5. The molecule has 0 radical (unpaired) electrons. The Bertz CT molecular complexity index is 1030. The lowest BCUT2D eigenvalue weighted by atomic mass is 10.1. The number of rotatable bonds is 8. The maximum atomic E-state index is 13.0. The molecule has 0 spiro atoms. The van der Waals surface area contributed by atoms with Crippen molar-refractivity contribution < 1.29 is 13.9 Å². The van der Waals surface area contributed by atoms with Gasteiger partial charge in [0.25, 0.3) is 0 Å². The minimum Gasteiger partial charge on any atom is -0.378 e. The molecule has 32 heavy (non-hydrogen) atoms. The molecule has 1 aliphatic rings. The molecule has 0 saturated carbocycles. The van der Waals surface area contributed by atoms with E-state index in [1.54, 1.807) is 12.1 Å². The number of benzene rings is 2. The predicted octanol–water partition coefficient (Wildman–Crippen LogP) is 3.00. The topological polar surface area (TPSA) is 72.3 Å². The minimum atomic E-state index is -0.261. The van der Waals surface area contributed by atoms with Crippen LogP contribution in [-0.4, -0.2) is 59.3 Å². The second-order valence-corrected chi connectivity index (χ2v) is 8.51. The quantitative estimate of drug-likeness (QED) is 0.527. The number of amides is 1. The zero-order chi connectivity index (χ0) is 22.3. The zero-order valence-electron chi connectivity index (χ0n) is 18.0. The van der Waals surface area contributed by atoms with E-state index < -0.39 is 0 Å². The van der Waals surface area contributed by atoms with Crippen molar-refractivity contribution >= 4 is 23.6 Å². The molecule has 1 N–H and O–H groups in total. The fourth-order valence-electron chi connectivity index (χ4n) is 3.42. The Morgan fingerprint density at radius 2 is 1.81 bits per heavy atom. The fourth-order valence-corrected chi connectivity index (χ4v) is 4.20.